The topological polar surface area (TPSA) is 42.4 Å². The Hall–Kier alpha value is -2.08. The molecule has 2 heterocycles. The molecule has 0 spiro atoms. The molecule has 2 aromatic carbocycles. The summed E-state index contributed by atoms with van der Waals surface area (Å²) in [5.41, 5.74) is 2.31. The third kappa shape index (κ3) is 4.32. The van der Waals surface area contributed by atoms with Crippen molar-refractivity contribution in [3.8, 4) is 16.3 Å². The third-order valence-corrected chi connectivity index (χ3v) is 6.05. The van der Waals surface area contributed by atoms with E-state index < -0.39 is 0 Å². The molecule has 144 valence electrons. The van der Waals surface area contributed by atoms with Gasteiger partial charge in [0.2, 0.25) is 0 Å². The van der Waals surface area contributed by atoms with Crippen molar-refractivity contribution in [2.24, 2.45) is 0 Å². The maximum absolute atomic E-state index is 12.5. The third-order valence-electron chi connectivity index (χ3n) is 4.61. The summed E-state index contributed by atoms with van der Waals surface area (Å²) in [6.45, 7) is 2.05. The van der Waals surface area contributed by atoms with Crippen molar-refractivity contribution in [1.29, 1.82) is 0 Å². The molecule has 0 bridgehead atoms. The quantitative estimate of drug-likeness (QED) is 0.501. The SMILES string of the molecule is O=C(c1csc(-c2ccc(OCc3ccc(Cl)cc3)cc2Cl)n1)N1CCCC1. The highest BCUT2D eigenvalue weighted by Crippen LogP contribution is 2.33. The van der Waals surface area contributed by atoms with Crippen LogP contribution in [0.5, 0.6) is 5.75 Å². The Kier molecular flexibility index (Phi) is 5.85. The highest BCUT2D eigenvalue weighted by molar-refractivity contribution is 7.13. The van der Waals surface area contributed by atoms with E-state index in [4.69, 9.17) is 27.9 Å². The Labute approximate surface area is 177 Å². The minimum Gasteiger partial charge on any atom is -0.489 e. The fourth-order valence-corrected chi connectivity index (χ4v) is 4.36. The number of nitrogens with zero attached hydrogens (tertiary/aromatic N) is 2. The van der Waals surface area contributed by atoms with Gasteiger partial charge in [-0.15, -0.1) is 11.3 Å². The zero-order chi connectivity index (χ0) is 19.5. The number of hydrogen-bond acceptors (Lipinski definition) is 4. The molecule has 4 rings (SSSR count). The number of carbonyl (C=O) groups excluding carboxylic acids is 1. The van der Waals surface area contributed by atoms with Crippen molar-refractivity contribution in [1.82, 2.24) is 9.88 Å². The number of rotatable bonds is 5. The van der Waals surface area contributed by atoms with Crippen molar-refractivity contribution in [3.63, 3.8) is 0 Å². The van der Waals surface area contributed by atoms with Crippen LogP contribution in [0.25, 0.3) is 10.6 Å². The van der Waals surface area contributed by atoms with Crippen LogP contribution in [-0.2, 0) is 6.61 Å². The van der Waals surface area contributed by atoms with Crippen LogP contribution >= 0.6 is 34.5 Å². The van der Waals surface area contributed by atoms with Crippen molar-refractivity contribution in [2.45, 2.75) is 19.4 Å². The van der Waals surface area contributed by atoms with Gasteiger partial charge in [-0.25, -0.2) is 4.98 Å². The predicted molar refractivity (Wildman–Crippen MR) is 113 cm³/mol. The number of aromatic nitrogens is 1. The molecule has 0 N–H and O–H groups in total. The molecule has 0 radical (unpaired) electrons. The highest BCUT2D eigenvalue weighted by atomic mass is 35.5. The van der Waals surface area contributed by atoms with Gasteiger partial charge < -0.3 is 9.64 Å². The molecule has 0 saturated carbocycles. The number of benzene rings is 2. The average molecular weight is 433 g/mol. The number of hydrogen-bond donors (Lipinski definition) is 0. The van der Waals surface area contributed by atoms with Gasteiger partial charge in [-0.3, -0.25) is 4.79 Å². The van der Waals surface area contributed by atoms with Gasteiger partial charge in [0.15, 0.2) is 0 Å². The van der Waals surface area contributed by atoms with Crippen LogP contribution in [0, 0.1) is 0 Å². The number of amides is 1. The van der Waals surface area contributed by atoms with Crippen LogP contribution < -0.4 is 4.74 Å². The maximum Gasteiger partial charge on any atom is 0.273 e. The highest BCUT2D eigenvalue weighted by Gasteiger charge is 2.22. The molecule has 1 aromatic heterocycles. The van der Waals surface area contributed by atoms with Gasteiger partial charge >= 0.3 is 0 Å². The lowest BCUT2D eigenvalue weighted by atomic mass is 10.2. The summed E-state index contributed by atoms with van der Waals surface area (Å²) in [6, 6.07) is 13.0. The van der Waals surface area contributed by atoms with E-state index in [2.05, 4.69) is 4.98 Å². The number of ether oxygens (including phenoxy) is 1. The lowest BCUT2D eigenvalue weighted by Crippen LogP contribution is -2.27. The molecule has 4 nitrogen and oxygen atoms in total. The van der Waals surface area contributed by atoms with Gasteiger partial charge in [0.25, 0.3) is 5.91 Å². The second-order valence-corrected chi connectivity index (χ2v) is 8.30. The molecule has 1 aliphatic heterocycles. The number of likely N-dealkylation sites (tertiary alicyclic amines) is 1. The summed E-state index contributed by atoms with van der Waals surface area (Å²) in [5, 5.41) is 3.78. The molecule has 0 unspecified atom stereocenters. The molecule has 0 aliphatic carbocycles. The van der Waals surface area contributed by atoms with Gasteiger partial charge in [0, 0.05) is 29.1 Å². The fraction of sp³-hybridized carbons (Fsp3) is 0.238. The van der Waals surface area contributed by atoms with Gasteiger partial charge in [0.1, 0.15) is 23.1 Å². The van der Waals surface area contributed by atoms with Crippen LogP contribution in [0.15, 0.2) is 47.8 Å². The molecule has 1 fully saturated rings. The first kappa shape index (κ1) is 19.2. The lowest BCUT2D eigenvalue weighted by molar-refractivity contribution is 0.0788. The molecule has 3 aromatic rings. The Balaban J connectivity index is 1.45. The Bertz CT molecular complexity index is 982. The van der Waals surface area contributed by atoms with Crippen LogP contribution in [-0.4, -0.2) is 28.9 Å². The Morgan fingerprint density at radius 3 is 2.57 bits per heavy atom. The van der Waals surface area contributed by atoms with Crippen molar-refractivity contribution >= 4 is 40.4 Å². The van der Waals surface area contributed by atoms with Gasteiger partial charge in [-0.2, -0.15) is 0 Å². The van der Waals surface area contributed by atoms with Crippen molar-refractivity contribution < 1.29 is 9.53 Å². The second-order valence-electron chi connectivity index (χ2n) is 6.59. The van der Waals surface area contributed by atoms with Crippen LogP contribution in [0.2, 0.25) is 10.0 Å². The molecule has 1 aliphatic rings. The van der Waals surface area contributed by atoms with E-state index in [1.807, 2.05) is 41.3 Å². The molecular formula is C21H18Cl2N2O2S. The molecule has 1 amide bonds. The monoisotopic (exact) mass is 432 g/mol. The van der Waals surface area contributed by atoms with E-state index in [0.29, 0.717) is 28.1 Å². The van der Waals surface area contributed by atoms with Crippen LogP contribution in [0.3, 0.4) is 0 Å². The van der Waals surface area contributed by atoms with E-state index in [-0.39, 0.29) is 5.91 Å². The fourth-order valence-electron chi connectivity index (χ4n) is 3.08. The molecule has 0 atom stereocenters. The lowest BCUT2D eigenvalue weighted by Gasteiger charge is -2.12. The van der Waals surface area contributed by atoms with Gasteiger partial charge in [-0.05, 0) is 48.7 Å². The largest absolute Gasteiger partial charge is 0.489 e. The summed E-state index contributed by atoms with van der Waals surface area (Å²) in [6.07, 6.45) is 2.12. The van der Waals surface area contributed by atoms with E-state index in [9.17, 15) is 4.79 Å². The first-order valence-corrected chi connectivity index (χ1v) is 10.7. The van der Waals surface area contributed by atoms with Gasteiger partial charge in [0.05, 0.1) is 5.02 Å². The summed E-state index contributed by atoms with van der Waals surface area (Å²) < 4.78 is 5.81. The van der Waals surface area contributed by atoms with E-state index in [0.717, 1.165) is 42.1 Å². The van der Waals surface area contributed by atoms with Crippen LogP contribution in [0.1, 0.15) is 28.9 Å². The molecule has 7 heteroatoms. The van der Waals surface area contributed by atoms with Gasteiger partial charge in [-0.1, -0.05) is 35.3 Å². The zero-order valence-electron chi connectivity index (χ0n) is 15.0. The minimum atomic E-state index is -0.000888. The maximum atomic E-state index is 12.5. The summed E-state index contributed by atoms with van der Waals surface area (Å²) in [4.78, 5) is 18.8. The zero-order valence-corrected chi connectivity index (χ0v) is 17.4. The number of halogens is 2. The van der Waals surface area contributed by atoms with Crippen molar-refractivity contribution in [2.75, 3.05) is 13.1 Å². The summed E-state index contributed by atoms with van der Waals surface area (Å²) in [7, 11) is 0. The molecule has 1 saturated heterocycles. The first-order chi connectivity index (χ1) is 13.6. The molecular weight excluding hydrogens is 415 g/mol. The smallest absolute Gasteiger partial charge is 0.273 e. The normalized spacial score (nSPS) is 13.7. The molecule has 28 heavy (non-hydrogen) atoms. The Morgan fingerprint density at radius 2 is 1.86 bits per heavy atom. The van der Waals surface area contributed by atoms with E-state index in [1.165, 1.54) is 11.3 Å². The minimum absolute atomic E-state index is 0.000888. The standard InChI is InChI=1S/C21H18Cl2N2O2S/c22-15-5-3-14(4-6-15)12-27-16-7-8-17(18(23)11-16)20-24-19(13-28-20)21(26)25-9-1-2-10-25/h3-8,11,13H,1-2,9-10,12H2. The van der Waals surface area contributed by atoms with E-state index >= 15 is 0 Å². The van der Waals surface area contributed by atoms with Crippen LogP contribution in [0.4, 0.5) is 0 Å². The van der Waals surface area contributed by atoms with Crippen molar-refractivity contribution in [3.05, 3.63) is 69.1 Å². The average Bonchev–Trinajstić information content (AvgIpc) is 3.39. The Morgan fingerprint density at radius 1 is 1.11 bits per heavy atom. The number of thiazole rings is 1. The summed E-state index contributed by atoms with van der Waals surface area (Å²) >= 11 is 13.8. The first-order valence-electron chi connectivity index (χ1n) is 9.02. The number of carbonyl (C=O) groups is 1. The predicted octanol–water partition coefficient (Wildman–Crippen LogP) is 5.93. The summed E-state index contributed by atoms with van der Waals surface area (Å²) in [5.74, 6) is 0.674. The second kappa shape index (κ2) is 8.52. The van der Waals surface area contributed by atoms with E-state index in [1.54, 1.807) is 11.4 Å².